The van der Waals surface area contributed by atoms with Crippen molar-refractivity contribution < 1.29 is 18.0 Å². The molecule has 0 spiro atoms. The van der Waals surface area contributed by atoms with Crippen LogP contribution in [0.25, 0.3) is 0 Å². The molecule has 0 saturated heterocycles. The van der Waals surface area contributed by atoms with Gasteiger partial charge in [-0.05, 0) is 68.3 Å². The van der Waals surface area contributed by atoms with Crippen molar-refractivity contribution in [3.63, 3.8) is 0 Å². The van der Waals surface area contributed by atoms with Crippen LogP contribution in [0.3, 0.4) is 0 Å². The fraction of sp³-hybridized carbons (Fsp3) is 0.286. The van der Waals surface area contributed by atoms with Crippen LogP contribution in [0.15, 0.2) is 88.2 Å². The maximum Gasteiger partial charge on any atom is 0.264 e. The van der Waals surface area contributed by atoms with E-state index in [0.717, 1.165) is 20.8 Å². The van der Waals surface area contributed by atoms with E-state index < -0.39 is 28.5 Å². The minimum Gasteiger partial charge on any atom is -0.352 e. The Hall–Kier alpha value is -2.88. The van der Waals surface area contributed by atoms with Crippen LogP contribution in [0.2, 0.25) is 5.02 Å². The van der Waals surface area contributed by atoms with Crippen molar-refractivity contribution in [1.29, 1.82) is 0 Å². The Kier molecular flexibility index (Phi) is 10.4. The van der Waals surface area contributed by atoms with Crippen LogP contribution in [0.4, 0.5) is 5.69 Å². The zero-order valence-corrected chi connectivity index (χ0v) is 24.6. The molecular formula is C28H31BrClN3O4S. The molecule has 10 heteroatoms. The minimum atomic E-state index is -4.13. The van der Waals surface area contributed by atoms with E-state index in [0.29, 0.717) is 5.02 Å². The topological polar surface area (TPSA) is 86.8 Å². The molecule has 0 heterocycles. The molecule has 0 saturated carbocycles. The van der Waals surface area contributed by atoms with E-state index >= 15 is 0 Å². The van der Waals surface area contributed by atoms with Crippen molar-refractivity contribution >= 4 is 55.1 Å². The van der Waals surface area contributed by atoms with Crippen molar-refractivity contribution in [2.75, 3.05) is 10.8 Å². The average molecular weight is 621 g/mol. The molecule has 0 aliphatic carbocycles. The van der Waals surface area contributed by atoms with Crippen molar-refractivity contribution in [3.05, 3.63) is 93.9 Å². The largest absolute Gasteiger partial charge is 0.352 e. The number of anilines is 1. The smallest absolute Gasteiger partial charge is 0.264 e. The molecule has 0 aliphatic rings. The average Bonchev–Trinajstić information content (AvgIpc) is 2.90. The number of benzene rings is 3. The lowest BCUT2D eigenvalue weighted by molar-refractivity contribution is -0.139. The highest BCUT2D eigenvalue weighted by molar-refractivity contribution is 9.10. The van der Waals surface area contributed by atoms with Gasteiger partial charge in [-0.25, -0.2) is 8.42 Å². The van der Waals surface area contributed by atoms with Crippen LogP contribution in [0.5, 0.6) is 0 Å². The highest BCUT2D eigenvalue weighted by Gasteiger charge is 2.32. The summed E-state index contributed by atoms with van der Waals surface area (Å²) in [5, 5.41) is 3.25. The van der Waals surface area contributed by atoms with Gasteiger partial charge in [0.1, 0.15) is 12.6 Å². The molecule has 202 valence electrons. The van der Waals surface area contributed by atoms with Crippen LogP contribution in [-0.4, -0.2) is 43.8 Å². The Balaban J connectivity index is 2.02. The summed E-state index contributed by atoms with van der Waals surface area (Å²) in [5.41, 5.74) is 1.03. The quantitative estimate of drug-likeness (QED) is 0.301. The van der Waals surface area contributed by atoms with Gasteiger partial charge in [0, 0.05) is 22.1 Å². The molecule has 3 aromatic rings. The van der Waals surface area contributed by atoms with Crippen molar-refractivity contribution in [2.45, 2.75) is 50.7 Å². The zero-order chi connectivity index (χ0) is 27.9. The molecule has 0 bridgehead atoms. The highest BCUT2D eigenvalue weighted by Crippen LogP contribution is 2.27. The van der Waals surface area contributed by atoms with Gasteiger partial charge in [-0.2, -0.15) is 0 Å². The van der Waals surface area contributed by atoms with Gasteiger partial charge in [0.25, 0.3) is 10.0 Å². The van der Waals surface area contributed by atoms with Crippen LogP contribution in [0.1, 0.15) is 32.8 Å². The van der Waals surface area contributed by atoms with E-state index in [1.165, 1.54) is 23.1 Å². The summed E-state index contributed by atoms with van der Waals surface area (Å²) >= 11 is 9.63. The van der Waals surface area contributed by atoms with Crippen molar-refractivity contribution in [3.8, 4) is 0 Å². The third-order valence-electron chi connectivity index (χ3n) is 6.12. The molecule has 0 aromatic heterocycles. The number of hydrogen-bond acceptors (Lipinski definition) is 4. The van der Waals surface area contributed by atoms with Gasteiger partial charge in [-0.3, -0.25) is 13.9 Å². The second-order valence-corrected chi connectivity index (χ2v) is 12.2. The number of halogens is 2. The second kappa shape index (κ2) is 13.3. The predicted octanol–water partition coefficient (Wildman–Crippen LogP) is 5.63. The van der Waals surface area contributed by atoms with Crippen molar-refractivity contribution in [1.82, 2.24) is 10.2 Å². The summed E-state index contributed by atoms with van der Waals surface area (Å²) in [6.45, 7) is 5.08. The Labute approximate surface area is 238 Å². The molecule has 0 radical (unpaired) electrons. The number of rotatable bonds is 11. The summed E-state index contributed by atoms with van der Waals surface area (Å²) in [7, 11) is -4.13. The third-order valence-corrected chi connectivity index (χ3v) is 8.63. The SMILES string of the molecule is CC[C@H](C)NC(=O)[C@H](C)N(Cc1cccc(Br)c1)C(=O)CN(c1cccc(Cl)c1)S(=O)(=O)c1ccccc1. The molecule has 3 aromatic carbocycles. The lowest BCUT2D eigenvalue weighted by atomic mass is 10.1. The van der Waals surface area contributed by atoms with Crippen LogP contribution in [0, 0.1) is 0 Å². The van der Waals surface area contributed by atoms with Gasteiger partial charge in [-0.15, -0.1) is 0 Å². The first kappa shape index (κ1) is 29.7. The molecule has 2 atom stereocenters. The Bertz CT molecular complexity index is 1370. The zero-order valence-electron chi connectivity index (χ0n) is 21.5. The molecule has 0 unspecified atom stereocenters. The molecule has 3 rings (SSSR count). The molecule has 0 fully saturated rings. The maximum atomic E-state index is 13.9. The monoisotopic (exact) mass is 619 g/mol. The number of nitrogens with zero attached hydrogens (tertiary/aromatic N) is 2. The van der Waals surface area contributed by atoms with Crippen LogP contribution >= 0.6 is 27.5 Å². The lowest BCUT2D eigenvalue weighted by Gasteiger charge is -2.32. The first-order valence-corrected chi connectivity index (χ1v) is 14.8. The molecule has 7 nitrogen and oxygen atoms in total. The molecule has 1 N–H and O–H groups in total. The van der Waals surface area contributed by atoms with E-state index in [9.17, 15) is 18.0 Å². The number of carbonyl (C=O) groups excluding carboxylic acids is 2. The maximum absolute atomic E-state index is 13.9. The fourth-order valence-electron chi connectivity index (χ4n) is 3.76. The molecule has 38 heavy (non-hydrogen) atoms. The number of carbonyl (C=O) groups is 2. The van der Waals surface area contributed by atoms with E-state index in [4.69, 9.17) is 11.6 Å². The third kappa shape index (κ3) is 7.58. The summed E-state index contributed by atoms with van der Waals surface area (Å²) in [4.78, 5) is 28.4. The molecule has 2 amide bonds. The minimum absolute atomic E-state index is 0.0360. The number of nitrogens with one attached hydrogen (secondary N) is 1. The van der Waals surface area contributed by atoms with Crippen LogP contribution in [-0.2, 0) is 26.2 Å². The molecular weight excluding hydrogens is 590 g/mol. The Morgan fingerprint density at radius 2 is 1.66 bits per heavy atom. The predicted molar refractivity (Wildman–Crippen MR) is 154 cm³/mol. The number of sulfonamides is 1. The van der Waals surface area contributed by atoms with Gasteiger partial charge in [0.05, 0.1) is 10.6 Å². The van der Waals surface area contributed by atoms with Gasteiger partial charge in [0.2, 0.25) is 11.8 Å². The van der Waals surface area contributed by atoms with Crippen LogP contribution < -0.4 is 9.62 Å². The Morgan fingerprint density at radius 1 is 0.974 bits per heavy atom. The normalized spacial score (nSPS) is 12.9. The summed E-state index contributed by atoms with van der Waals surface area (Å²) in [5.74, 6) is -0.848. The highest BCUT2D eigenvalue weighted by atomic mass is 79.9. The summed E-state index contributed by atoms with van der Waals surface area (Å²) in [6.07, 6.45) is 0.732. The molecule has 0 aliphatic heterocycles. The van der Waals surface area contributed by atoms with Gasteiger partial charge < -0.3 is 10.2 Å². The van der Waals surface area contributed by atoms with E-state index in [1.54, 1.807) is 43.3 Å². The number of amides is 2. The fourth-order valence-corrected chi connectivity index (χ4v) is 5.82. The summed E-state index contributed by atoms with van der Waals surface area (Å²) in [6, 6.07) is 20.7. The van der Waals surface area contributed by atoms with Gasteiger partial charge in [0.15, 0.2) is 0 Å². The van der Waals surface area contributed by atoms with Crippen molar-refractivity contribution in [2.24, 2.45) is 0 Å². The second-order valence-electron chi connectivity index (χ2n) is 8.95. The Morgan fingerprint density at radius 3 is 2.29 bits per heavy atom. The van der Waals surface area contributed by atoms with E-state index in [1.807, 2.05) is 38.1 Å². The standard InChI is InChI=1S/C28H31BrClN3O4S/c1-4-20(2)31-28(35)21(3)32(18-22-10-8-11-23(29)16-22)27(34)19-33(25-13-9-12-24(30)17-25)38(36,37)26-14-6-5-7-15-26/h5-17,20-21H,4,18-19H2,1-3H3,(H,31,35)/t20-,21-/m0/s1. The first-order valence-electron chi connectivity index (χ1n) is 12.2. The van der Waals surface area contributed by atoms with Gasteiger partial charge in [-0.1, -0.05) is 70.9 Å². The summed E-state index contributed by atoms with van der Waals surface area (Å²) < 4.78 is 29.3. The van der Waals surface area contributed by atoms with E-state index in [-0.39, 0.29) is 29.1 Å². The van der Waals surface area contributed by atoms with E-state index in [2.05, 4.69) is 21.2 Å². The lowest BCUT2D eigenvalue weighted by Crippen LogP contribution is -2.52. The number of hydrogen-bond donors (Lipinski definition) is 1. The van der Waals surface area contributed by atoms with Gasteiger partial charge >= 0.3 is 0 Å². The first-order chi connectivity index (χ1) is 18.0.